The van der Waals surface area contributed by atoms with Gasteiger partial charge in [-0.05, 0) is 24.6 Å². The number of Topliss-reactive ketones (excluding diaryl/α,β-unsaturated/α-hetero) is 1. The molecular formula is C19H17NO3. The molecule has 0 saturated carbocycles. The number of hydrogen-bond acceptors (Lipinski definition) is 3. The number of nitrogens with one attached hydrogen (secondary N) is 1. The van der Waals surface area contributed by atoms with Gasteiger partial charge in [0.2, 0.25) is 0 Å². The Labute approximate surface area is 135 Å². The second-order valence-electron chi connectivity index (χ2n) is 4.85. The molecule has 0 bridgehead atoms. The molecule has 0 spiro atoms. The molecule has 0 aliphatic heterocycles. The molecule has 4 heteroatoms. The van der Waals surface area contributed by atoms with Gasteiger partial charge < -0.3 is 10.1 Å². The van der Waals surface area contributed by atoms with Crippen LogP contribution in [0.5, 0.6) is 0 Å². The van der Waals surface area contributed by atoms with Gasteiger partial charge in [-0.25, -0.2) is 4.79 Å². The van der Waals surface area contributed by atoms with Crippen LogP contribution in [0.2, 0.25) is 0 Å². The largest absolute Gasteiger partial charge is 0.445 e. The summed E-state index contributed by atoms with van der Waals surface area (Å²) in [6.07, 6.45) is -0.505. The number of rotatable bonds is 4. The summed E-state index contributed by atoms with van der Waals surface area (Å²) in [6, 6.07) is 16.5. The Balaban J connectivity index is 1.74. The smallest absolute Gasteiger partial charge is 0.408 e. The molecule has 23 heavy (non-hydrogen) atoms. The average molecular weight is 307 g/mol. The number of hydrogen-bond donors (Lipinski definition) is 1. The summed E-state index contributed by atoms with van der Waals surface area (Å²) in [6.45, 7) is 1.94. The van der Waals surface area contributed by atoms with Crippen molar-refractivity contribution in [3.63, 3.8) is 0 Å². The third-order valence-corrected chi connectivity index (χ3v) is 3.06. The third kappa shape index (κ3) is 5.68. The highest BCUT2D eigenvalue weighted by molar-refractivity contribution is 5.94. The van der Waals surface area contributed by atoms with Crippen LogP contribution in [-0.4, -0.2) is 18.4 Å². The molecule has 1 amide bonds. The van der Waals surface area contributed by atoms with E-state index in [9.17, 15) is 9.59 Å². The van der Waals surface area contributed by atoms with Crippen LogP contribution < -0.4 is 5.32 Å². The third-order valence-electron chi connectivity index (χ3n) is 3.06. The molecule has 0 aliphatic carbocycles. The summed E-state index contributed by atoms with van der Waals surface area (Å²) in [5, 5.41) is 2.56. The minimum atomic E-state index is -0.505. The molecule has 0 aliphatic rings. The Kier molecular flexibility index (Phi) is 5.96. The lowest BCUT2D eigenvalue weighted by molar-refractivity contribution is 0.101. The molecule has 0 atom stereocenters. The summed E-state index contributed by atoms with van der Waals surface area (Å²) in [5.41, 5.74) is 2.37. The zero-order valence-corrected chi connectivity index (χ0v) is 12.8. The Morgan fingerprint density at radius 3 is 2.39 bits per heavy atom. The molecule has 4 nitrogen and oxygen atoms in total. The normalized spacial score (nSPS) is 9.43. The fourth-order valence-electron chi connectivity index (χ4n) is 1.83. The van der Waals surface area contributed by atoms with Crippen molar-refractivity contribution in [3.8, 4) is 11.8 Å². The average Bonchev–Trinajstić information content (AvgIpc) is 2.58. The Morgan fingerprint density at radius 1 is 1.04 bits per heavy atom. The van der Waals surface area contributed by atoms with Gasteiger partial charge in [-0.15, -0.1) is 0 Å². The van der Waals surface area contributed by atoms with Gasteiger partial charge in [0.1, 0.15) is 6.61 Å². The first-order chi connectivity index (χ1) is 11.1. The van der Waals surface area contributed by atoms with E-state index in [2.05, 4.69) is 17.2 Å². The van der Waals surface area contributed by atoms with Crippen molar-refractivity contribution in [3.05, 3.63) is 71.3 Å². The van der Waals surface area contributed by atoms with E-state index in [4.69, 9.17) is 4.74 Å². The van der Waals surface area contributed by atoms with Crippen molar-refractivity contribution in [1.29, 1.82) is 0 Å². The topological polar surface area (TPSA) is 55.4 Å². The maximum atomic E-state index is 11.5. The first-order valence-corrected chi connectivity index (χ1v) is 7.19. The SMILES string of the molecule is CC(=O)c1ccc(C#CCNC(=O)OCc2ccccc2)cc1. The van der Waals surface area contributed by atoms with Gasteiger partial charge in [0.05, 0.1) is 6.54 Å². The molecule has 2 aromatic rings. The molecule has 0 heterocycles. The van der Waals surface area contributed by atoms with Crippen LogP contribution in [0.1, 0.15) is 28.4 Å². The maximum absolute atomic E-state index is 11.5. The standard InChI is InChI=1S/C19H17NO3/c1-15(21)18-11-9-16(10-12-18)8-5-13-20-19(22)23-14-17-6-3-2-4-7-17/h2-4,6-7,9-12H,13-14H2,1H3,(H,20,22). The predicted octanol–water partition coefficient (Wildman–Crippen LogP) is 3.17. The molecule has 0 fully saturated rings. The maximum Gasteiger partial charge on any atom is 0.408 e. The van der Waals surface area contributed by atoms with Crippen LogP contribution >= 0.6 is 0 Å². The van der Waals surface area contributed by atoms with Crippen LogP contribution in [0, 0.1) is 11.8 Å². The second kappa shape index (κ2) is 8.40. The molecule has 116 valence electrons. The van der Waals surface area contributed by atoms with E-state index in [0.717, 1.165) is 11.1 Å². The monoisotopic (exact) mass is 307 g/mol. The molecule has 0 radical (unpaired) electrons. The van der Waals surface area contributed by atoms with Crippen molar-refractivity contribution in [2.24, 2.45) is 0 Å². The number of ether oxygens (including phenoxy) is 1. The minimum Gasteiger partial charge on any atom is -0.445 e. The summed E-state index contributed by atoms with van der Waals surface area (Å²) in [5.74, 6) is 5.76. The molecule has 1 N–H and O–H groups in total. The summed E-state index contributed by atoms with van der Waals surface area (Å²) >= 11 is 0. The van der Waals surface area contributed by atoms with E-state index in [1.54, 1.807) is 24.3 Å². The van der Waals surface area contributed by atoms with Crippen molar-refractivity contribution in [2.75, 3.05) is 6.54 Å². The van der Waals surface area contributed by atoms with Gasteiger partial charge in [0, 0.05) is 11.1 Å². The van der Waals surface area contributed by atoms with Crippen LogP contribution in [0.3, 0.4) is 0 Å². The molecule has 0 aromatic heterocycles. The van der Waals surface area contributed by atoms with E-state index in [1.807, 2.05) is 30.3 Å². The lowest BCUT2D eigenvalue weighted by atomic mass is 10.1. The number of carbonyl (C=O) groups excluding carboxylic acids is 2. The number of ketones is 1. The lowest BCUT2D eigenvalue weighted by Gasteiger charge is -2.04. The van der Waals surface area contributed by atoms with E-state index in [-0.39, 0.29) is 18.9 Å². The zero-order valence-electron chi connectivity index (χ0n) is 12.8. The molecule has 0 unspecified atom stereocenters. The van der Waals surface area contributed by atoms with Crippen molar-refractivity contribution < 1.29 is 14.3 Å². The van der Waals surface area contributed by atoms with Crippen molar-refractivity contribution in [2.45, 2.75) is 13.5 Å². The highest BCUT2D eigenvalue weighted by Crippen LogP contribution is 2.03. The highest BCUT2D eigenvalue weighted by atomic mass is 16.5. The van der Waals surface area contributed by atoms with E-state index in [1.165, 1.54) is 6.92 Å². The van der Waals surface area contributed by atoms with Crippen molar-refractivity contribution >= 4 is 11.9 Å². The molecular weight excluding hydrogens is 290 g/mol. The number of amides is 1. The first-order valence-electron chi connectivity index (χ1n) is 7.19. The van der Waals surface area contributed by atoms with Crippen LogP contribution in [-0.2, 0) is 11.3 Å². The minimum absolute atomic E-state index is 0.0207. The predicted molar refractivity (Wildman–Crippen MR) is 88.0 cm³/mol. The molecule has 2 rings (SSSR count). The molecule has 2 aromatic carbocycles. The van der Waals surface area contributed by atoms with Crippen molar-refractivity contribution in [1.82, 2.24) is 5.32 Å². The lowest BCUT2D eigenvalue weighted by Crippen LogP contribution is -2.24. The summed E-state index contributed by atoms with van der Waals surface area (Å²) in [7, 11) is 0. The summed E-state index contributed by atoms with van der Waals surface area (Å²) < 4.78 is 5.07. The van der Waals surface area contributed by atoms with E-state index in [0.29, 0.717) is 5.56 Å². The van der Waals surface area contributed by atoms with E-state index >= 15 is 0 Å². The van der Waals surface area contributed by atoms with E-state index < -0.39 is 6.09 Å². The zero-order chi connectivity index (χ0) is 16.5. The van der Waals surface area contributed by atoms with Crippen LogP contribution in [0.15, 0.2) is 54.6 Å². The van der Waals surface area contributed by atoms with Gasteiger partial charge in [0.25, 0.3) is 0 Å². The number of benzene rings is 2. The molecule has 0 saturated heterocycles. The van der Waals surface area contributed by atoms with Gasteiger partial charge >= 0.3 is 6.09 Å². The van der Waals surface area contributed by atoms with Gasteiger partial charge in [-0.2, -0.15) is 0 Å². The first kappa shape index (κ1) is 16.3. The van der Waals surface area contributed by atoms with Gasteiger partial charge in [-0.3, -0.25) is 4.79 Å². The quantitative estimate of drug-likeness (QED) is 0.697. The highest BCUT2D eigenvalue weighted by Gasteiger charge is 2.00. The number of carbonyl (C=O) groups is 2. The fourth-order valence-corrected chi connectivity index (χ4v) is 1.83. The fraction of sp³-hybridized carbons (Fsp3) is 0.158. The van der Waals surface area contributed by atoms with Crippen LogP contribution in [0.25, 0.3) is 0 Å². The van der Waals surface area contributed by atoms with Gasteiger partial charge in [0.15, 0.2) is 5.78 Å². The van der Waals surface area contributed by atoms with Crippen LogP contribution in [0.4, 0.5) is 4.79 Å². The Morgan fingerprint density at radius 2 is 1.74 bits per heavy atom. The van der Waals surface area contributed by atoms with Gasteiger partial charge in [-0.1, -0.05) is 54.3 Å². The number of alkyl carbamates (subject to hydrolysis) is 1. The second-order valence-corrected chi connectivity index (χ2v) is 4.85. The Bertz CT molecular complexity index is 725. The Hall–Kier alpha value is -3.06. The summed E-state index contributed by atoms with van der Waals surface area (Å²) in [4.78, 5) is 22.7.